The van der Waals surface area contributed by atoms with Crippen LogP contribution in [0.25, 0.3) is 0 Å². The minimum atomic E-state index is -1.03. The number of aromatic hydroxyl groups is 1. The molecule has 2 amide bonds. The summed E-state index contributed by atoms with van der Waals surface area (Å²) in [5, 5.41) is 30.8. The third kappa shape index (κ3) is 6.55. The summed E-state index contributed by atoms with van der Waals surface area (Å²) in [5.41, 5.74) is 1.65. The van der Waals surface area contributed by atoms with E-state index >= 15 is 0 Å². The van der Waals surface area contributed by atoms with Gasteiger partial charge in [-0.2, -0.15) is 5.26 Å². The molecule has 0 unspecified atom stereocenters. The molecule has 8 nitrogen and oxygen atoms in total. The summed E-state index contributed by atoms with van der Waals surface area (Å²) in [5.74, 6) is -0.888. The van der Waals surface area contributed by atoms with Gasteiger partial charge in [-0.05, 0) is 52.3 Å². The fourth-order valence-electron chi connectivity index (χ4n) is 2.70. The number of carbonyl (C=O) groups is 2. The van der Waals surface area contributed by atoms with E-state index in [0.29, 0.717) is 20.2 Å². The Kier molecular flexibility index (Phi) is 8.21. The van der Waals surface area contributed by atoms with Gasteiger partial charge >= 0.3 is 6.09 Å². The van der Waals surface area contributed by atoms with Crippen LogP contribution in [-0.2, 0) is 9.53 Å². The van der Waals surface area contributed by atoms with Gasteiger partial charge in [-0.1, -0.05) is 35.9 Å². The Bertz CT molecular complexity index is 1050. The molecule has 0 heterocycles. The van der Waals surface area contributed by atoms with Gasteiger partial charge in [-0.15, -0.1) is 0 Å². The topological polar surface area (TPSA) is 132 Å². The van der Waals surface area contributed by atoms with Crippen LogP contribution in [0.2, 0.25) is 0 Å². The average molecular weight is 553 g/mol. The number of ether oxygens (including phenoxy) is 1. The number of nitrogens with one attached hydrogen (secondary N) is 2. The van der Waals surface area contributed by atoms with E-state index in [1.165, 1.54) is 11.6 Å². The predicted molar refractivity (Wildman–Crippen MR) is 120 cm³/mol. The second-order valence-corrected chi connectivity index (χ2v) is 8.83. The lowest BCUT2D eigenvalue weighted by Gasteiger charge is -2.32. The van der Waals surface area contributed by atoms with Gasteiger partial charge in [0.1, 0.15) is 11.9 Å². The van der Waals surface area contributed by atoms with Crippen molar-refractivity contribution in [3.63, 3.8) is 0 Å². The maximum absolute atomic E-state index is 12.6. The standard InChI is InChI=1S/C21H19Br2N3O5/c1-21(2,8-7-17(27)26-30)19(15-9-13(22)10-16(23)18(15)28)31-20(29)25-14-5-3-12(11-24)4-6-14/h3-10,19,28,30H,1-2H3,(H,25,29)(H,26,27)/b8-7+/t19-/m0/s1. The van der Waals surface area contributed by atoms with Crippen LogP contribution >= 0.6 is 31.9 Å². The number of amides is 2. The molecule has 1 atom stereocenters. The zero-order valence-electron chi connectivity index (χ0n) is 16.5. The van der Waals surface area contributed by atoms with Gasteiger partial charge in [0.15, 0.2) is 0 Å². The van der Waals surface area contributed by atoms with Gasteiger partial charge in [0.2, 0.25) is 0 Å². The first-order valence-electron chi connectivity index (χ1n) is 8.86. The van der Waals surface area contributed by atoms with Gasteiger partial charge in [0.05, 0.1) is 16.1 Å². The van der Waals surface area contributed by atoms with E-state index < -0.39 is 23.5 Å². The quantitative estimate of drug-likeness (QED) is 0.222. The summed E-state index contributed by atoms with van der Waals surface area (Å²) in [6.07, 6.45) is 0.714. The van der Waals surface area contributed by atoms with E-state index in [1.54, 1.807) is 50.2 Å². The Labute approximate surface area is 195 Å². The van der Waals surface area contributed by atoms with E-state index in [4.69, 9.17) is 15.2 Å². The molecule has 162 valence electrons. The highest BCUT2D eigenvalue weighted by molar-refractivity contribution is 9.11. The number of nitrogens with zero attached hydrogens (tertiary/aromatic N) is 1. The number of hydrogen-bond acceptors (Lipinski definition) is 6. The van der Waals surface area contributed by atoms with E-state index in [9.17, 15) is 14.7 Å². The van der Waals surface area contributed by atoms with Crippen LogP contribution < -0.4 is 10.8 Å². The van der Waals surface area contributed by atoms with Crippen molar-refractivity contribution in [2.75, 3.05) is 5.32 Å². The molecule has 0 aliphatic carbocycles. The Morgan fingerprint density at radius 2 is 1.87 bits per heavy atom. The van der Waals surface area contributed by atoms with Crippen molar-refractivity contribution in [3.8, 4) is 11.8 Å². The zero-order chi connectivity index (χ0) is 23.2. The molecule has 4 N–H and O–H groups in total. The molecule has 0 saturated carbocycles. The predicted octanol–water partition coefficient (Wildman–Crippen LogP) is 5.17. The summed E-state index contributed by atoms with van der Waals surface area (Å²) in [6.45, 7) is 3.39. The molecule has 2 aromatic carbocycles. The third-order valence-electron chi connectivity index (χ3n) is 4.28. The summed E-state index contributed by atoms with van der Waals surface area (Å²) in [7, 11) is 0. The number of rotatable bonds is 6. The highest BCUT2D eigenvalue weighted by Crippen LogP contribution is 2.45. The summed E-state index contributed by atoms with van der Waals surface area (Å²) < 4.78 is 6.66. The SMILES string of the molecule is CC(C)(/C=C/C(=O)NO)[C@@H](OC(=O)Nc1ccc(C#N)cc1)c1cc(Br)cc(Br)c1O. The van der Waals surface area contributed by atoms with Crippen molar-refractivity contribution in [2.24, 2.45) is 5.41 Å². The highest BCUT2D eigenvalue weighted by Gasteiger charge is 2.35. The molecule has 31 heavy (non-hydrogen) atoms. The molecule has 2 aromatic rings. The van der Waals surface area contributed by atoms with Crippen LogP contribution in [0.5, 0.6) is 5.75 Å². The Balaban J connectivity index is 2.39. The van der Waals surface area contributed by atoms with Crippen LogP contribution in [0, 0.1) is 16.7 Å². The monoisotopic (exact) mass is 551 g/mol. The number of hydrogen-bond donors (Lipinski definition) is 4. The molecule has 0 fully saturated rings. The van der Waals surface area contributed by atoms with E-state index in [1.807, 2.05) is 6.07 Å². The maximum Gasteiger partial charge on any atom is 0.412 e. The largest absolute Gasteiger partial charge is 0.506 e. The van der Waals surface area contributed by atoms with Crippen molar-refractivity contribution >= 4 is 49.5 Å². The summed E-state index contributed by atoms with van der Waals surface area (Å²) in [4.78, 5) is 24.1. The maximum atomic E-state index is 12.6. The molecule has 10 heteroatoms. The summed E-state index contributed by atoms with van der Waals surface area (Å²) in [6, 6.07) is 11.4. The molecular formula is C21H19Br2N3O5. The van der Waals surface area contributed by atoms with Crippen molar-refractivity contribution in [1.29, 1.82) is 5.26 Å². The average Bonchev–Trinajstić information content (AvgIpc) is 2.73. The lowest BCUT2D eigenvalue weighted by molar-refractivity contribution is -0.124. The first kappa shape index (κ1) is 24.4. The lowest BCUT2D eigenvalue weighted by atomic mass is 9.81. The molecule has 0 aromatic heterocycles. The van der Waals surface area contributed by atoms with E-state index in [-0.39, 0.29) is 11.3 Å². The van der Waals surface area contributed by atoms with E-state index in [0.717, 1.165) is 6.08 Å². The molecule has 0 saturated heterocycles. The number of halogens is 2. The fourth-order valence-corrected chi connectivity index (χ4v) is 3.96. The lowest BCUT2D eigenvalue weighted by Crippen LogP contribution is -2.28. The molecule has 0 bridgehead atoms. The van der Waals surface area contributed by atoms with E-state index in [2.05, 4.69) is 37.2 Å². The smallest absolute Gasteiger partial charge is 0.412 e. The van der Waals surface area contributed by atoms with Gasteiger partial charge < -0.3 is 9.84 Å². The van der Waals surface area contributed by atoms with Gasteiger partial charge in [-0.3, -0.25) is 15.3 Å². The first-order chi connectivity index (χ1) is 14.6. The Morgan fingerprint density at radius 3 is 2.45 bits per heavy atom. The zero-order valence-corrected chi connectivity index (χ0v) is 19.7. The number of phenols is 1. The molecule has 0 radical (unpaired) electrons. The highest BCUT2D eigenvalue weighted by atomic mass is 79.9. The number of benzene rings is 2. The number of nitriles is 1. The van der Waals surface area contributed by atoms with Crippen LogP contribution in [-0.4, -0.2) is 22.3 Å². The Hall–Kier alpha value is -2.87. The molecule has 0 aliphatic rings. The fraction of sp³-hybridized carbons (Fsp3) is 0.190. The molecule has 2 rings (SSSR count). The van der Waals surface area contributed by atoms with Crippen LogP contribution in [0.15, 0.2) is 57.5 Å². The first-order valence-corrected chi connectivity index (χ1v) is 10.4. The molecule has 0 aliphatic heterocycles. The minimum absolute atomic E-state index is 0.132. The van der Waals surface area contributed by atoms with Crippen LogP contribution in [0.3, 0.4) is 0 Å². The van der Waals surface area contributed by atoms with Crippen LogP contribution in [0.4, 0.5) is 10.5 Å². The van der Waals surface area contributed by atoms with Crippen molar-refractivity contribution < 1.29 is 24.6 Å². The minimum Gasteiger partial charge on any atom is -0.506 e. The molecular weight excluding hydrogens is 534 g/mol. The third-order valence-corrected chi connectivity index (χ3v) is 5.34. The van der Waals surface area contributed by atoms with Gasteiger partial charge in [0.25, 0.3) is 5.91 Å². The molecule has 0 spiro atoms. The van der Waals surface area contributed by atoms with Crippen molar-refractivity contribution in [3.05, 3.63) is 68.6 Å². The Morgan fingerprint density at radius 1 is 1.23 bits per heavy atom. The second-order valence-electron chi connectivity index (χ2n) is 7.06. The van der Waals surface area contributed by atoms with Crippen molar-refractivity contribution in [1.82, 2.24) is 5.48 Å². The van der Waals surface area contributed by atoms with Gasteiger partial charge in [-0.25, -0.2) is 10.3 Å². The normalized spacial score (nSPS) is 12.1. The second kappa shape index (κ2) is 10.4. The van der Waals surface area contributed by atoms with Crippen LogP contribution in [0.1, 0.15) is 31.1 Å². The number of phenolic OH excluding ortho intramolecular Hbond substituents is 1. The van der Waals surface area contributed by atoms with Crippen molar-refractivity contribution in [2.45, 2.75) is 20.0 Å². The summed E-state index contributed by atoms with van der Waals surface area (Å²) >= 11 is 6.61. The number of anilines is 1. The number of hydroxylamine groups is 1. The van der Waals surface area contributed by atoms with Gasteiger partial charge in [0, 0.05) is 27.2 Å². The number of carbonyl (C=O) groups excluding carboxylic acids is 2.